The molecule has 7 nitrogen and oxygen atoms in total. The summed E-state index contributed by atoms with van der Waals surface area (Å²) in [5, 5.41) is 2.92. The topological polar surface area (TPSA) is 79.0 Å². The quantitative estimate of drug-likeness (QED) is 0.619. The maximum absolute atomic E-state index is 13.4. The molecular formula is C23H30FN3O4S. The number of nitrogens with one attached hydrogen (secondary N) is 1. The highest BCUT2D eigenvalue weighted by atomic mass is 32.2. The lowest BCUT2D eigenvalue weighted by Crippen LogP contribution is -2.43. The van der Waals surface area contributed by atoms with Gasteiger partial charge in [0.25, 0.3) is 5.91 Å². The molecule has 0 spiro atoms. The zero-order valence-electron chi connectivity index (χ0n) is 18.5. The third kappa shape index (κ3) is 5.72. The number of nitrogens with zero attached hydrogens (tertiary/aromatic N) is 2. The molecular weight excluding hydrogens is 433 g/mol. The van der Waals surface area contributed by atoms with Crippen LogP contribution in [0, 0.1) is 5.82 Å². The first-order valence-corrected chi connectivity index (χ1v) is 12.3. The molecule has 1 heterocycles. The van der Waals surface area contributed by atoms with E-state index in [1.165, 1.54) is 28.6 Å². The summed E-state index contributed by atoms with van der Waals surface area (Å²) in [5.41, 5.74) is 1.17. The van der Waals surface area contributed by atoms with Crippen molar-refractivity contribution >= 4 is 15.9 Å². The van der Waals surface area contributed by atoms with Crippen molar-refractivity contribution in [3.8, 4) is 0 Å². The van der Waals surface area contributed by atoms with Gasteiger partial charge in [-0.1, -0.05) is 32.0 Å². The van der Waals surface area contributed by atoms with E-state index in [-0.39, 0.29) is 28.2 Å². The van der Waals surface area contributed by atoms with Crippen LogP contribution in [0.4, 0.5) is 4.39 Å². The van der Waals surface area contributed by atoms with Gasteiger partial charge in [-0.25, -0.2) is 12.8 Å². The lowest BCUT2D eigenvalue weighted by molar-refractivity contribution is 0.0162. The smallest absolute Gasteiger partial charge is 0.251 e. The molecule has 174 valence electrons. The Morgan fingerprint density at radius 1 is 1.12 bits per heavy atom. The highest BCUT2D eigenvalue weighted by Gasteiger charge is 2.25. The van der Waals surface area contributed by atoms with Gasteiger partial charge in [-0.3, -0.25) is 9.69 Å². The highest BCUT2D eigenvalue weighted by Crippen LogP contribution is 2.22. The van der Waals surface area contributed by atoms with E-state index in [0.29, 0.717) is 45.9 Å². The molecule has 1 saturated heterocycles. The number of benzene rings is 2. The Morgan fingerprint density at radius 2 is 1.78 bits per heavy atom. The zero-order chi connectivity index (χ0) is 23.1. The number of amides is 1. The molecule has 1 aliphatic rings. The van der Waals surface area contributed by atoms with Crippen LogP contribution in [0.3, 0.4) is 0 Å². The van der Waals surface area contributed by atoms with Gasteiger partial charge in [0.15, 0.2) is 0 Å². The molecule has 9 heteroatoms. The summed E-state index contributed by atoms with van der Waals surface area (Å²) in [6.07, 6.45) is 0. The number of morpholine rings is 1. The summed E-state index contributed by atoms with van der Waals surface area (Å²) in [7, 11) is -3.66. The van der Waals surface area contributed by atoms with Gasteiger partial charge in [-0.2, -0.15) is 4.31 Å². The Balaban J connectivity index is 1.77. The van der Waals surface area contributed by atoms with Gasteiger partial charge in [-0.05, 0) is 35.9 Å². The van der Waals surface area contributed by atoms with E-state index in [9.17, 15) is 17.6 Å². The van der Waals surface area contributed by atoms with Crippen molar-refractivity contribution in [3.63, 3.8) is 0 Å². The van der Waals surface area contributed by atoms with Crippen LogP contribution in [0.2, 0.25) is 0 Å². The van der Waals surface area contributed by atoms with Crippen molar-refractivity contribution in [2.45, 2.75) is 24.8 Å². The fourth-order valence-electron chi connectivity index (χ4n) is 3.83. The lowest BCUT2D eigenvalue weighted by atomic mass is 10.0. The molecule has 1 amide bonds. The first-order chi connectivity index (χ1) is 15.4. The van der Waals surface area contributed by atoms with Gasteiger partial charge in [-0.15, -0.1) is 0 Å². The van der Waals surface area contributed by atoms with Crippen molar-refractivity contribution in [2.75, 3.05) is 45.9 Å². The molecule has 0 aliphatic carbocycles. The van der Waals surface area contributed by atoms with E-state index in [0.717, 1.165) is 5.56 Å². The molecule has 2 aromatic carbocycles. The van der Waals surface area contributed by atoms with Crippen LogP contribution in [-0.4, -0.2) is 69.5 Å². The SMILES string of the molecule is CCN(CC)S(=O)(=O)c1cccc(C(=O)NCC(c2ccc(F)cc2)N2CCOCC2)c1. The van der Waals surface area contributed by atoms with E-state index in [4.69, 9.17) is 4.74 Å². The van der Waals surface area contributed by atoms with Crippen LogP contribution < -0.4 is 5.32 Å². The first kappa shape index (κ1) is 24.3. The average Bonchev–Trinajstić information content (AvgIpc) is 2.81. The van der Waals surface area contributed by atoms with Crippen LogP contribution in [0.1, 0.15) is 35.8 Å². The van der Waals surface area contributed by atoms with Gasteiger partial charge < -0.3 is 10.1 Å². The predicted molar refractivity (Wildman–Crippen MR) is 120 cm³/mol. The highest BCUT2D eigenvalue weighted by molar-refractivity contribution is 7.89. The maximum atomic E-state index is 13.4. The number of ether oxygens (including phenoxy) is 1. The maximum Gasteiger partial charge on any atom is 0.251 e. The molecule has 1 unspecified atom stereocenters. The lowest BCUT2D eigenvalue weighted by Gasteiger charge is -2.35. The average molecular weight is 464 g/mol. The Morgan fingerprint density at radius 3 is 2.41 bits per heavy atom. The summed E-state index contributed by atoms with van der Waals surface area (Å²) in [6, 6.07) is 12.2. The second kappa shape index (κ2) is 11.0. The summed E-state index contributed by atoms with van der Waals surface area (Å²) in [4.78, 5) is 15.2. The van der Waals surface area contributed by atoms with E-state index in [1.807, 2.05) is 0 Å². The van der Waals surface area contributed by atoms with Gasteiger partial charge in [0, 0.05) is 38.3 Å². The van der Waals surface area contributed by atoms with Crippen LogP contribution in [0.15, 0.2) is 53.4 Å². The van der Waals surface area contributed by atoms with Crippen LogP contribution >= 0.6 is 0 Å². The molecule has 0 bridgehead atoms. The summed E-state index contributed by atoms with van der Waals surface area (Å²) in [5.74, 6) is -0.674. The third-order valence-electron chi connectivity index (χ3n) is 5.64. The fraction of sp³-hybridized carbons (Fsp3) is 0.435. The number of hydrogen-bond acceptors (Lipinski definition) is 5. The molecule has 32 heavy (non-hydrogen) atoms. The molecule has 0 radical (unpaired) electrons. The van der Waals surface area contributed by atoms with Crippen molar-refractivity contribution in [1.29, 1.82) is 0 Å². The molecule has 1 fully saturated rings. The molecule has 3 rings (SSSR count). The molecule has 2 aromatic rings. The molecule has 0 aromatic heterocycles. The summed E-state index contributed by atoms with van der Waals surface area (Å²) < 4.78 is 45.8. The van der Waals surface area contributed by atoms with Gasteiger partial charge in [0.05, 0.1) is 24.2 Å². The largest absolute Gasteiger partial charge is 0.379 e. The Bertz CT molecular complexity index is 1000. The van der Waals surface area contributed by atoms with Gasteiger partial charge in [0.2, 0.25) is 10.0 Å². The molecule has 1 N–H and O–H groups in total. The minimum atomic E-state index is -3.66. The number of hydrogen-bond donors (Lipinski definition) is 1. The van der Waals surface area contributed by atoms with Gasteiger partial charge >= 0.3 is 0 Å². The number of rotatable bonds is 9. The monoisotopic (exact) mass is 463 g/mol. The van der Waals surface area contributed by atoms with E-state index in [2.05, 4.69) is 10.2 Å². The Labute approximate surface area is 189 Å². The van der Waals surface area contributed by atoms with E-state index in [1.54, 1.807) is 38.1 Å². The Kier molecular flexibility index (Phi) is 8.36. The Hall–Kier alpha value is -2.33. The minimum absolute atomic E-state index is 0.0945. The third-order valence-corrected chi connectivity index (χ3v) is 7.68. The number of sulfonamides is 1. The predicted octanol–water partition coefficient (Wildman–Crippen LogP) is 2.66. The molecule has 1 aliphatic heterocycles. The second-order valence-electron chi connectivity index (χ2n) is 7.54. The fourth-order valence-corrected chi connectivity index (χ4v) is 5.34. The number of carbonyl (C=O) groups is 1. The van der Waals surface area contributed by atoms with Crippen molar-refractivity contribution in [3.05, 3.63) is 65.5 Å². The van der Waals surface area contributed by atoms with Crippen molar-refractivity contribution < 1.29 is 22.3 Å². The zero-order valence-corrected chi connectivity index (χ0v) is 19.3. The number of halogens is 1. The summed E-state index contributed by atoms with van der Waals surface area (Å²) >= 11 is 0. The standard InChI is InChI=1S/C23H30FN3O4S/c1-3-27(4-2)32(29,30)21-7-5-6-19(16-21)23(28)25-17-22(26-12-14-31-15-13-26)18-8-10-20(24)11-9-18/h5-11,16,22H,3-4,12-15,17H2,1-2H3,(H,25,28). The van der Waals surface area contributed by atoms with Crippen molar-refractivity contribution in [1.82, 2.24) is 14.5 Å². The van der Waals surface area contributed by atoms with Crippen molar-refractivity contribution in [2.24, 2.45) is 0 Å². The molecule has 0 saturated carbocycles. The van der Waals surface area contributed by atoms with Crippen LogP contribution in [0.25, 0.3) is 0 Å². The summed E-state index contributed by atoms with van der Waals surface area (Å²) in [6.45, 7) is 7.16. The first-order valence-electron chi connectivity index (χ1n) is 10.8. The van der Waals surface area contributed by atoms with Crippen LogP contribution in [0.5, 0.6) is 0 Å². The number of carbonyl (C=O) groups excluding carboxylic acids is 1. The van der Waals surface area contributed by atoms with E-state index < -0.39 is 10.0 Å². The molecule has 1 atom stereocenters. The normalized spacial score (nSPS) is 16.1. The van der Waals surface area contributed by atoms with Gasteiger partial charge in [0.1, 0.15) is 5.82 Å². The van der Waals surface area contributed by atoms with E-state index >= 15 is 0 Å². The minimum Gasteiger partial charge on any atom is -0.379 e. The van der Waals surface area contributed by atoms with Crippen LogP contribution in [-0.2, 0) is 14.8 Å². The second-order valence-corrected chi connectivity index (χ2v) is 9.48.